The van der Waals surface area contributed by atoms with E-state index >= 15 is 0 Å². The van der Waals surface area contributed by atoms with E-state index in [0.717, 1.165) is 11.1 Å². The first kappa shape index (κ1) is 20.1. The number of carbonyl (C=O) groups is 2. The number of rotatable bonds is 7. The van der Waals surface area contributed by atoms with Crippen LogP contribution in [0.4, 0.5) is 0 Å². The Kier molecular flexibility index (Phi) is 7.05. The smallest absolute Gasteiger partial charge is 0.279 e. The molecule has 2 aromatic rings. The zero-order valence-electron chi connectivity index (χ0n) is 15.9. The van der Waals surface area contributed by atoms with Crippen molar-refractivity contribution in [3.63, 3.8) is 0 Å². The van der Waals surface area contributed by atoms with Crippen molar-refractivity contribution in [1.82, 2.24) is 10.9 Å². The van der Waals surface area contributed by atoms with Gasteiger partial charge in [-0.2, -0.15) is 0 Å². The molecule has 0 saturated carbocycles. The fourth-order valence-corrected chi connectivity index (χ4v) is 2.20. The molecule has 0 aromatic heterocycles. The maximum atomic E-state index is 12.0. The molecular weight excluding hydrogens is 348 g/mol. The number of hydrogen-bond donors (Lipinski definition) is 2. The molecule has 0 radical (unpaired) electrons. The summed E-state index contributed by atoms with van der Waals surface area (Å²) in [5.74, 6) is 0.887. The Bertz CT molecular complexity index is 789. The van der Waals surface area contributed by atoms with E-state index in [1.807, 2.05) is 26.0 Å². The molecule has 0 bridgehead atoms. The molecule has 144 valence electrons. The highest BCUT2D eigenvalue weighted by Crippen LogP contribution is 2.20. The standard InChI is InChI=1S/C20H24N2O5/c1-13-6-5-7-18(14(13)2)26-12-19(23)21-22-20(24)15(3)27-17-10-8-16(25-4)9-11-17/h5-11,15H,12H2,1-4H3,(H,21,23)(H,22,24). The highest BCUT2D eigenvalue weighted by molar-refractivity contribution is 5.85. The Hall–Kier alpha value is -3.22. The minimum Gasteiger partial charge on any atom is -0.497 e. The topological polar surface area (TPSA) is 85.9 Å². The fourth-order valence-electron chi connectivity index (χ4n) is 2.20. The largest absolute Gasteiger partial charge is 0.497 e. The lowest BCUT2D eigenvalue weighted by molar-refractivity contribution is -0.133. The van der Waals surface area contributed by atoms with Gasteiger partial charge in [-0.05, 0) is 62.2 Å². The minimum atomic E-state index is -0.793. The van der Waals surface area contributed by atoms with Crippen LogP contribution in [0.15, 0.2) is 42.5 Å². The van der Waals surface area contributed by atoms with E-state index in [1.54, 1.807) is 44.4 Å². The summed E-state index contributed by atoms with van der Waals surface area (Å²) < 4.78 is 16.1. The molecule has 0 aliphatic heterocycles. The van der Waals surface area contributed by atoms with Crippen LogP contribution in [0.25, 0.3) is 0 Å². The second kappa shape index (κ2) is 9.47. The summed E-state index contributed by atoms with van der Waals surface area (Å²) in [6.07, 6.45) is -0.793. The fraction of sp³-hybridized carbons (Fsp3) is 0.300. The summed E-state index contributed by atoms with van der Waals surface area (Å²) in [5.41, 5.74) is 6.67. The van der Waals surface area contributed by atoms with Crippen LogP contribution in [0.5, 0.6) is 17.2 Å². The SMILES string of the molecule is COc1ccc(OC(C)C(=O)NNC(=O)COc2cccc(C)c2C)cc1. The predicted octanol–water partition coefficient (Wildman–Crippen LogP) is 2.31. The predicted molar refractivity (Wildman–Crippen MR) is 101 cm³/mol. The summed E-state index contributed by atoms with van der Waals surface area (Å²) in [6, 6.07) is 12.5. The number of nitrogens with one attached hydrogen (secondary N) is 2. The molecule has 1 unspecified atom stereocenters. The number of amides is 2. The normalized spacial score (nSPS) is 11.3. The van der Waals surface area contributed by atoms with E-state index in [0.29, 0.717) is 17.2 Å². The van der Waals surface area contributed by atoms with Gasteiger partial charge in [0.05, 0.1) is 7.11 Å². The third-order valence-electron chi connectivity index (χ3n) is 3.98. The number of hydrazine groups is 1. The third kappa shape index (κ3) is 5.91. The molecule has 2 amide bonds. The number of aryl methyl sites for hydroxylation is 1. The second-order valence-corrected chi connectivity index (χ2v) is 5.96. The lowest BCUT2D eigenvalue weighted by atomic mass is 10.1. The first-order valence-corrected chi connectivity index (χ1v) is 8.49. The number of benzene rings is 2. The Morgan fingerprint density at radius 3 is 2.33 bits per heavy atom. The first-order chi connectivity index (χ1) is 12.9. The molecule has 0 aliphatic rings. The molecule has 27 heavy (non-hydrogen) atoms. The van der Waals surface area contributed by atoms with Gasteiger partial charge in [0, 0.05) is 0 Å². The Balaban J connectivity index is 1.76. The van der Waals surface area contributed by atoms with Gasteiger partial charge in [-0.25, -0.2) is 0 Å². The highest BCUT2D eigenvalue weighted by Gasteiger charge is 2.16. The quantitative estimate of drug-likeness (QED) is 0.729. The summed E-state index contributed by atoms with van der Waals surface area (Å²) in [6.45, 7) is 5.26. The van der Waals surface area contributed by atoms with Crippen LogP contribution < -0.4 is 25.1 Å². The van der Waals surface area contributed by atoms with Crippen molar-refractivity contribution >= 4 is 11.8 Å². The average Bonchev–Trinajstić information content (AvgIpc) is 2.67. The molecule has 0 heterocycles. The van der Waals surface area contributed by atoms with E-state index in [4.69, 9.17) is 14.2 Å². The Labute approximate surface area is 158 Å². The van der Waals surface area contributed by atoms with Crippen LogP contribution >= 0.6 is 0 Å². The van der Waals surface area contributed by atoms with Crippen LogP contribution in [-0.2, 0) is 9.59 Å². The lowest BCUT2D eigenvalue weighted by Gasteiger charge is -2.16. The summed E-state index contributed by atoms with van der Waals surface area (Å²) >= 11 is 0. The molecule has 1 atom stereocenters. The molecular formula is C20H24N2O5. The van der Waals surface area contributed by atoms with Gasteiger partial charge in [-0.15, -0.1) is 0 Å². The van der Waals surface area contributed by atoms with E-state index in [2.05, 4.69) is 10.9 Å². The zero-order chi connectivity index (χ0) is 19.8. The molecule has 2 N–H and O–H groups in total. The maximum Gasteiger partial charge on any atom is 0.279 e. The summed E-state index contributed by atoms with van der Waals surface area (Å²) in [4.78, 5) is 23.9. The van der Waals surface area contributed by atoms with Crippen LogP contribution in [0.3, 0.4) is 0 Å². The van der Waals surface area contributed by atoms with Crippen LogP contribution in [0.2, 0.25) is 0 Å². The van der Waals surface area contributed by atoms with Gasteiger partial charge in [0.25, 0.3) is 11.8 Å². The van der Waals surface area contributed by atoms with Gasteiger partial charge in [-0.3, -0.25) is 20.4 Å². The van der Waals surface area contributed by atoms with Gasteiger partial charge in [0.2, 0.25) is 0 Å². The van der Waals surface area contributed by atoms with Crippen molar-refractivity contribution in [3.05, 3.63) is 53.6 Å². The van der Waals surface area contributed by atoms with E-state index in [1.165, 1.54) is 0 Å². The average molecular weight is 372 g/mol. The zero-order valence-corrected chi connectivity index (χ0v) is 15.9. The molecule has 0 aliphatic carbocycles. The molecule has 2 aromatic carbocycles. The molecule has 7 nitrogen and oxygen atoms in total. The van der Waals surface area contributed by atoms with Gasteiger partial charge < -0.3 is 14.2 Å². The Morgan fingerprint density at radius 2 is 1.67 bits per heavy atom. The van der Waals surface area contributed by atoms with Gasteiger partial charge in [0.1, 0.15) is 17.2 Å². The third-order valence-corrected chi connectivity index (χ3v) is 3.98. The van der Waals surface area contributed by atoms with Gasteiger partial charge >= 0.3 is 0 Å². The van der Waals surface area contributed by atoms with Crippen molar-refractivity contribution < 1.29 is 23.8 Å². The van der Waals surface area contributed by atoms with Gasteiger partial charge in [-0.1, -0.05) is 12.1 Å². The number of ether oxygens (including phenoxy) is 3. The molecule has 7 heteroatoms. The van der Waals surface area contributed by atoms with E-state index in [-0.39, 0.29) is 6.61 Å². The van der Waals surface area contributed by atoms with Crippen molar-refractivity contribution in [2.45, 2.75) is 26.9 Å². The number of hydrogen-bond acceptors (Lipinski definition) is 5. The molecule has 2 rings (SSSR count). The monoisotopic (exact) mass is 372 g/mol. The van der Waals surface area contributed by atoms with Crippen molar-refractivity contribution in [2.75, 3.05) is 13.7 Å². The summed E-state index contributed by atoms with van der Waals surface area (Å²) in [5, 5.41) is 0. The number of methoxy groups -OCH3 is 1. The first-order valence-electron chi connectivity index (χ1n) is 8.49. The van der Waals surface area contributed by atoms with E-state index in [9.17, 15) is 9.59 Å². The van der Waals surface area contributed by atoms with Crippen molar-refractivity contribution in [3.8, 4) is 17.2 Å². The lowest BCUT2D eigenvalue weighted by Crippen LogP contribution is -2.48. The Morgan fingerprint density at radius 1 is 1.00 bits per heavy atom. The van der Waals surface area contributed by atoms with Crippen molar-refractivity contribution in [1.29, 1.82) is 0 Å². The maximum absolute atomic E-state index is 12.0. The minimum absolute atomic E-state index is 0.210. The van der Waals surface area contributed by atoms with Crippen LogP contribution in [0, 0.1) is 13.8 Å². The van der Waals surface area contributed by atoms with Crippen LogP contribution in [0.1, 0.15) is 18.1 Å². The molecule has 0 spiro atoms. The highest BCUT2D eigenvalue weighted by atomic mass is 16.5. The second-order valence-electron chi connectivity index (χ2n) is 5.96. The van der Waals surface area contributed by atoms with E-state index < -0.39 is 17.9 Å². The van der Waals surface area contributed by atoms with Gasteiger partial charge in [0.15, 0.2) is 12.7 Å². The molecule has 0 saturated heterocycles. The summed E-state index contributed by atoms with van der Waals surface area (Å²) in [7, 11) is 1.57. The van der Waals surface area contributed by atoms with Crippen LogP contribution in [-0.4, -0.2) is 31.6 Å². The number of carbonyl (C=O) groups excluding carboxylic acids is 2. The molecule has 0 fully saturated rings. The van der Waals surface area contributed by atoms with Crippen molar-refractivity contribution in [2.24, 2.45) is 0 Å².